The first-order valence-corrected chi connectivity index (χ1v) is 7.84. The zero-order valence-electron chi connectivity index (χ0n) is 11.1. The van der Waals surface area contributed by atoms with Crippen molar-refractivity contribution in [3.63, 3.8) is 0 Å². The van der Waals surface area contributed by atoms with Crippen LogP contribution in [0.3, 0.4) is 0 Å². The van der Waals surface area contributed by atoms with Gasteiger partial charge in [0, 0.05) is 23.2 Å². The van der Waals surface area contributed by atoms with E-state index >= 15 is 0 Å². The summed E-state index contributed by atoms with van der Waals surface area (Å²) in [6.07, 6.45) is 3.29. The third kappa shape index (κ3) is 4.30. The molecule has 3 heteroatoms. The van der Waals surface area contributed by atoms with Crippen LogP contribution < -0.4 is 0 Å². The number of aliphatic hydroxyl groups is 1. The zero-order valence-corrected chi connectivity index (χ0v) is 11.9. The second kappa shape index (κ2) is 7.17. The normalized spacial score (nSPS) is 22.2. The summed E-state index contributed by atoms with van der Waals surface area (Å²) >= 11 is 1.92. The summed E-state index contributed by atoms with van der Waals surface area (Å²) in [6.45, 7) is 4.24. The van der Waals surface area contributed by atoms with E-state index in [-0.39, 0.29) is 6.10 Å². The molecule has 1 heterocycles. The lowest BCUT2D eigenvalue weighted by molar-refractivity contribution is 0.137. The van der Waals surface area contributed by atoms with Gasteiger partial charge in [0.1, 0.15) is 0 Å². The Morgan fingerprint density at radius 2 is 2.17 bits per heavy atom. The zero-order chi connectivity index (χ0) is 12.8. The molecule has 1 aromatic rings. The highest BCUT2D eigenvalue weighted by molar-refractivity contribution is 7.99. The minimum atomic E-state index is -0.169. The molecule has 0 aliphatic carbocycles. The molecule has 2 atom stereocenters. The standard InChI is InChI=1S/C15H23NOS/c1-13(17)12-14-6-5-9-16(14)10-11-18-15-7-3-2-4-8-15/h2-4,7-8,13-14,17H,5-6,9-12H2,1H3. The minimum absolute atomic E-state index is 0.169. The van der Waals surface area contributed by atoms with Gasteiger partial charge in [-0.15, -0.1) is 11.8 Å². The lowest BCUT2D eigenvalue weighted by Crippen LogP contribution is -2.33. The van der Waals surface area contributed by atoms with Crippen molar-refractivity contribution in [2.75, 3.05) is 18.8 Å². The Kier molecular flexibility index (Phi) is 5.54. The molecule has 1 aliphatic rings. The molecule has 0 spiro atoms. The largest absolute Gasteiger partial charge is 0.393 e. The molecule has 1 fully saturated rings. The van der Waals surface area contributed by atoms with E-state index in [2.05, 4.69) is 35.2 Å². The lowest BCUT2D eigenvalue weighted by Gasteiger charge is -2.25. The summed E-state index contributed by atoms with van der Waals surface area (Å²) in [5, 5.41) is 9.50. The topological polar surface area (TPSA) is 23.5 Å². The van der Waals surface area contributed by atoms with E-state index in [9.17, 15) is 5.11 Å². The molecule has 2 nitrogen and oxygen atoms in total. The molecule has 1 aromatic carbocycles. The summed E-state index contributed by atoms with van der Waals surface area (Å²) in [4.78, 5) is 3.90. The van der Waals surface area contributed by atoms with Gasteiger partial charge in [-0.3, -0.25) is 4.90 Å². The Hall–Kier alpha value is -0.510. The SMILES string of the molecule is CC(O)CC1CCCN1CCSc1ccccc1. The van der Waals surface area contributed by atoms with Gasteiger partial charge in [-0.2, -0.15) is 0 Å². The first kappa shape index (κ1) is 13.9. The Morgan fingerprint density at radius 3 is 2.89 bits per heavy atom. The van der Waals surface area contributed by atoms with Crippen LogP contribution in [0.4, 0.5) is 0 Å². The maximum Gasteiger partial charge on any atom is 0.0527 e. The Labute approximate surface area is 114 Å². The van der Waals surface area contributed by atoms with Crippen molar-refractivity contribution in [1.29, 1.82) is 0 Å². The Morgan fingerprint density at radius 1 is 1.39 bits per heavy atom. The van der Waals surface area contributed by atoms with Crippen LogP contribution >= 0.6 is 11.8 Å². The third-order valence-corrected chi connectivity index (χ3v) is 4.49. The number of rotatable bonds is 6. The summed E-state index contributed by atoms with van der Waals surface area (Å²) in [5.74, 6) is 1.14. The summed E-state index contributed by atoms with van der Waals surface area (Å²) in [5.41, 5.74) is 0. The van der Waals surface area contributed by atoms with E-state index in [0.29, 0.717) is 6.04 Å². The van der Waals surface area contributed by atoms with Crippen molar-refractivity contribution in [2.45, 2.75) is 43.2 Å². The average Bonchev–Trinajstić information content (AvgIpc) is 2.77. The molecule has 1 saturated heterocycles. The van der Waals surface area contributed by atoms with Crippen LogP contribution in [0.5, 0.6) is 0 Å². The maximum absolute atomic E-state index is 9.50. The summed E-state index contributed by atoms with van der Waals surface area (Å²) < 4.78 is 0. The van der Waals surface area contributed by atoms with Gasteiger partial charge in [-0.1, -0.05) is 18.2 Å². The molecule has 2 unspecified atom stereocenters. The highest BCUT2D eigenvalue weighted by Gasteiger charge is 2.24. The van der Waals surface area contributed by atoms with E-state index in [4.69, 9.17) is 0 Å². The fourth-order valence-electron chi connectivity index (χ4n) is 2.65. The van der Waals surface area contributed by atoms with E-state index in [1.807, 2.05) is 18.7 Å². The van der Waals surface area contributed by atoms with Gasteiger partial charge >= 0.3 is 0 Å². The Bertz CT molecular complexity index is 342. The van der Waals surface area contributed by atoms with E-state index in [1.165, 1.54) is 24.3 Å². The fraction of sp³-hybridized carbons (Fsp3) is 0.600. The van der Waals surface area contributed by atoms with E-state index in [1.54, 1.807) is 0 Å². The minimum Gasteiger partial charge on any atom is -0.393 e. The van der Waals surface area contributed by atoms with Crippen LogP contribution in [-0.2, 0) is 0 Å². The number of hydrogen-bond acceptors (Lipinski definition) is 3. The molecule has 18 heavy (non-hydrogen) atoms. The van der Waals surface area contributed by atoms with Crippen LogP contribution in [0.1, 0.15) is 26.2 Å². The monoisotopic (exact) mass is 265 g/mol. The number of likely N-dealkylation sites (tertiary alicyclic amines) is 1. The smallest absolute Gasteiger partial charge is 0.0527 e. The quantitative estimate of drug-likeness (QED) is 0.800. The van der Waals surface area contributed by atoms with Gasteiger partial charge < -0.3 is 5.11 Å². The van der Waals surface area contributed by atoms with Gasteiger partial charge in [-0.05, 0) is 44.9 Å². The van der Waals surface area contributed by atoms with Crippen molar-refractivity contribution < 1.29 is 5.11 Å². The van der Waals surface area contributed by atoms with Gasteiger partial charge in [-0.25, -0.2) is 0 Å². The molecular formula is C15H23NOS. The molecule has 1 aliphatic heterocycles. The van der Waals surface area contributed by atoms with Crippen LogP contribution in [0.25, 0.3) is 0 Å². The fourth-order valence-corrected chi connectivity index (χ4v) is 3.56. The van der Waals surface area contributed by atoms with Crippen molar-refractivity contribution in [1.82, 2.24) is 4.90 Å². The average molecular weight is 265 g/mol. The molecule has 0 radical (unpaired) electrons. The van der Waals surface area contributed by atoms with Crippen molar-refractivity contribution in [3.8, 4) is 0 Å². The highest BCUT2D eigenvalue weighted by Crippen LogP contribution is 2.23. The molecular weight excluding hydrogens is 242 g/mol. The molecule has 0 aromatic heterocycles. The number of hydrogen-bond donors (Lipinski definition) is 1. The molecule has 1 N–H and O–H groups in total. The van der Waals surface area contributed by atoms with Gasteiger partial charge in [0.05, 0.1) is 6.10 Å². The number of aliphatic hydroxyl groups excluding tert-OH is 1. The number of thioether (sulfide) groups is 1. The predicted octanol–water partition coefficient (Wildman–Crippen LogP) is 3.01. The molecule has 0 amide bonds. The lowest BCUT2D eigenvalue weighted by atomic mass is 10.1. The maximum atomic E-state index is 9.50. The van der Waals surface area contributed by atoms with Crippen molar-refractivity contribution in [2.24, 2.45) is 0 Å². The van der Waals surface area contributed by atoms with Gasteiger partial charge in [0.15, 0.2) is 0 Å². The van der Waals surface area contributed by atoms with E-state index in [0.717, 1.165) is 18.7 Å². The van der Waals surface area contributed by atoms with Crippen LogP contribution in [0.15, 0.2) is 35.2 Å². The highest BCUT2D eigenvalue weighted by atomic mass is 32.2. The molecule has 2 rings (SSSR count). The van der Waals surface area contributed by atoms with Crippen molar-refractivity contribution >= 4 is 11.8 Å². The second-order valence-corrected chi connectivity index (χ2v) is 6.25. The second-order valence-electron chi connectivity index (χ2n) is 5.08. The van der Waals surface area contributed by atoms with Crippen LogP contribution in [0.2, 0.25) is 0 Å². The summed E-state index contributed by atoms with van der Waals surface area (Å²) in [6, 6.07) is 11.2. The molecule has 0 saturated carbocycles. The van der Waals surface area contributed by atoms with Crippen LogP contribution in [-0.4, -0.2) is 41.0 Å². The Balaban J connectivity index is 1.72. The first-order valence-electron chi connectivity index (χ1n) is 6.85. The van der Waals surface area contributed by atoms with Crippen LogP contribution in [0, 0.1) is 0 Å². The summed E-state index contributed by atoms with van der Waals surface area (Å²) in [7, 11) is 0. The van der Waals surface area contributed by atoms with E-state index < -0.39 is 0 Å². The third-order valence-electron chi connectivity index (χ3n) is 3.50. The van der Waals surface area contributed by atoms with Gasteiger partial charge in [0.25, 0.3) is 0 Å². The molecule has 0 bridgehead atoms. The predicted molar refractivity (Wildman–Crippen MR) is 78.1 cm³/mol. The van der Waals surface area contributed by atoms with Gasteiger partial charge in [0.2, 0.25) is 0 Å². The number of nitrogens with zero attached hydrogens (tertiary/aromatic N) is 1. The first-order chi connectivity index (χ1) is 8.75. The molecule has 100 valence electrons. The number of benzene rings is 1. The van der Waals surface area contributed by atoms with Crippen molar-refractivity contribution in [3.05, 3.63) is 30.3 Å².